The van der Waals surface area contributed by atoms with E-state index in [-0.39, 0.29) is 12.5 Å². The highest BCUT2D eigenvalue weighted by atomic mass is 35.5. The van der Waals surface area contributed by atoms with E-state index in [0.717, 1.165) is 16.6 Å². The number of nitrogens with one attached hydrogen (secondary N) is 1. The minimum Gasteiger partial charge on any atom is -0.481 e. The summed E-state index contributed by atoms with van der Waals surface area (Å²) in [5, 5.41) is 10.1. The number of fused-ring (bicyclic) bond motifs is 1. The van der Waals surface area contributed by atoms with E-state index in [4.69, 9.17) is 16.3 Å². The fraction of sp³-hybridized carbons (Fsp3) is 0.0526. The third-order valence-corrected chi connectivity index (χ3v) is 4.70. The third-order valence-electron chi connectivity index (χ3n) is 3.86. The van der Waals surface area contributed by atoms with Crippen molar-refractivity contribution < 1.29 is 9.53 Å². The van der Waals surface area contributed by atoms with Gasteiger partial charge in [-0.25, -0.2) is 0 Å². The molecule has 6 nitrogen and oxygen atoms in total. The fourth-order valence-corrected chi connectivity index (χ4v) is 3.26. The van der Waals surface area contributed by atoms with Gasteiger partial charge in [0.25, 0.3) is 5.91 Å². The normalized spacial score (nSPS) is 10.7. The predicted molar refractivity (Wildman–Crippen MR) is 106 cm³/mol. The largest absolute Gasteiger partial charge is 0.481 e. The molecule has 0 aliphatic rings. The molecule has 0 aliphatic heterocycles. The van der Waals surface area contributed by atoms with Gasteiger partial charge in [0.1, 0.15) is 17.0 Å². The van der Waals surface area contributed by atoms with E-state index in [0.29, 0.717) is 22.0 Å². The smallest absolute Gasteiger partial charge is 0.262 e. The first-order valence-electron chi connectivity index (χ1n) is 8.04. The van der Waals surface area contributed by atoms with Gasteiger partial charge < -0.3 is 10.1 Å². The molecule has 0 aliphatic carbocycles. The fourth-order valence-electron chi connectivity index (χ4n) is 2.58. The van der Waals surface area contributed by atoms with Crippen LogP contribution in [0.25, 0.3) is 22.2 Å². The maximum absolute atomic E-state index is 12.2. The number of hydrogen-bond acceptors (Lipinski definition) is 6. The molecule has 0 saturated carbocycles. The van der Waals surface area contributed by atoms with Crippen LogP contribution in [-0.2, 0) is 4.79 Å². The Bertz CT molecular complexity index is 1080. The SMILES string of the molecule is O=C(COc1ccc(Cl)c2cccnc12)Nc1ccc(-c2csnn2)cc1. The molecule has 4 aromatic rings. The summed E-state index contributed by atoms with van der Waals surface area (Å²) in [6.07, 6.45) is 1.66. The van der Waals surface area contributed by atoms with E-state index in [1.807, 2.05) is 35.7 Å². The lowest BCUT2D eigenvalue weighted by Crippen LogP contribution is -2.20. The Labute approximate surface area is 163 Å². The van der Waals surface area contributed by atoms with Crippen LogP contribution in [0, 0.1) is 0 Å². The number of rotatable bonds is 5. The number of aromatic nitrogens is 3. The molecule has 0 unspecified atom stereocenters. The number of hydrogen-bond donors (Lipinski definition) is 1. The maximum atomic E-state index is 12.2. The van der Waals surface area contributed by atoms with Gasteiger partial charge in [-0.15, -0.1) is 5.10 Å². The van der Waals surface area contributed by atoms with Crippen molar-refractivity contribution >= 4 is 45.6 Å². The van der Waals surface area contributed by atoms with Crippen LogP contribution in [0.4, 0.5) is 5.69 Å². The number of carbonyl (C=O) groups excluding carboxylic acids is 1. The van der Waals surface area contributed by atoms with Gasteiger partial charge in [-0.2, -0.15) is 0 Å². The molecular formula is C19H13ClN4O2S. The zero-order valence-corrected chi connectivity index (χ0v) is 15.5. The van der Waals surface area contributed by atoms with Crippen LogP contribution in [0.5, 0.6) is 5.75 Å². The lowest BCUT2D eigenvalue weighted by molar-refractivity contribution is -0.118. The molecule has 0 spiro atoms. The van der Waals surface area contributed by atoms with Crippen LogP contribution in [0.15, 0.2) is 60.1 Å². The summed E-state index contributed by atoms with van der Waals surface area (Å²) in [5.74, 6) is 0.244. The van der Waals surface area contributed by atoms with Crippen molar-refractivity contribution in [3.05, 3.63) is 65.1 Å². The highest BCUT2D eigenvalue weighted by molar-refractivity contribution is 7.03. The van der Waals surface area contributed by atoms with Crippen molar-refractivity contribution in [2.45, 2.75) is 0 Å². The molecule has 0 bridgehead atoms. The summed E-state index contributed by atoms with van der Waals surface area (Å²) < 4.78 is 9.48. The van der Waals surface area contributed by atoms with Crippen LogP contribution in [0.2, 0.25) is 5.02 Å². The van der Waals surface area contributed by atoms with E-state index >= 15 is 0 Å². The zero-order chi connectivity index (χ0) is 18.6. The Morgan fingerprint density at radius 1 is 1.15 bits per heavy atom. The van der Waals surface area contributed by atoms with Gasteiger partial charge in [0.2, 0.25) is 0 Å². The number of carbonyl (C=O) groups is 1. The molecular weight excluding hydrogens is 384 g/mol. The third kappa shape index (κ3) is 3.89. The Morgan fingerprint density at radius 2 is 2.00 bits per heavy atom. The average Bonchev–Trinajstić information content (AvgIpc) is 3.23. The van der Waals surface area contributed by atoms with Gasteiger partial charge in [0.05, 0.1) is 5.02 Å². The second-order valence-electron chi connectivity index (χ2n) is 5.65. The molecule has 1 N–H and O–H groups in total. The van der Waals surface area contributed by atoms with Gasteiger partial charge in [-0.1, -0.05) is 28.2 Å². The van der Waals surface area contributed by atoms with Crippen molar-refractivity contribution in [2.24, 2.45) is 0 Å². The van der Waals surface area contributed by atoms with Crippen molar-refractivity contribution in [3.63, 3.8) is 0 Å². The van der Waals surface area contributed by atoms with Crippen LogP contribution in [0.1, 0.15) is 0 Å². The molecule has 134 valence electrons. The molecule has 0 atom stereocenters. The quantitative estimate of drug-likeness (QED) is 0.540. The first kappa shape index (κ1) is 17.4. The summed E-state index contributed by atoms with van der Waals surface area (Å²) in [4.78, 5) is 16.5. The highest BCUT2D eigenvalue weighted by Gasteiger charge is 2.10. The number of pyridine rings is 1. The van der Waals surface area contributed by atoms with Crippen LogP contribution in [0.3, 0.4) is 0 Å². The maximum Gasteiger partial charge on any atom is 0.262 e. The molecule has 2 heterocycles. The van der Waals surface area contributed by atoms with Crippen LogP contribution < -0.4 is 10.1 Å². The Kier molecular flexibility index (Phi) is 4.95. The van der Waals surface area contributed by atoms with Crippen LogP contribution in [-0.4, -0.2) is 27.1 Å². The van der Waals surface area contributed by atoms with Gasteiger partial charge in [0, 0.05) is 28.2 Å². The Morgan fingerprint density at radius 3 is 2.78 bits per heavy atom. The molecule has 0 fully saturated rings. The summed E-state index contributed by atoms with van der Waals surface area (Å²) >= 11 is 7.46. The number of benzene rings is 2. The molecule has 27 heavy (non-hydrogen) atoms. The first-order chi connectivity index (χ1) is 13.2. The minimum absolute atomic E-state index is 0.134. The zero-order valence-electron chi connectivity index (χ0n) is 13.9. The molecule has 1 amide bonds. The van der Waals surface area contributed by atoms with E-state index in [2.05, 4.69) is 19.9 Å². The lowest BCUT2D eigenvalue weighted by Gasteiger charge is -2.10. The van der Waals surface area contributed by atoms with Crippen LogP contribution >= 0.6 is 23.1 Å². The van der Waals surface area contributed by atoms with Crippen molar-refractivity contribution in [1.29, 1.82) is 0 Å². The second-order valence-corrected chi connectivity index (χ2v) is 6.67. The lowest BCUT2D eigenvalue weighted by atomic mass is 10.1. The molecule has 2 aromatic heterocycles. The summed E-state index contributed by atoms with van der Waals surface area (Å²) in [6, 6.07) is 14.5. The number of nitrogens with zero attached hydrogens (tertiary/aromatic N) is 3. The summed E-state index contributed by atoms with van der Waals surface area (Å²) in [6.45, 7) is -0.134. The number of halogens is 1. The monoisotopic (exact) mass is 396 g/mol. The first-order valence-corrected chi connectivity index (χ1v) is 9.25. The molecule has 8 heteroatoms. The van der Waals surface area contributed by atoms with Gasteiger partial charge in [-0.05, 0) is 47.9 Å². The molecule has 0 saturated heterocycles. The van der Waals surface area contributed by atoms with E-state index < -0.39 is 0 Å². The van der Waals surface area contributed by atoms with Crippen molar-refractivity contribution in [1.82, 2.24) is 14.6 Å². The molecule has 2 aromatic carbocycles. The summed E-state index contributed by atoms with van der Waals surface area (Å²) in [7, 11) is 0. The minimum atomic E-state index is -0.267. The summed E-state index contributed by atoms with van der Waals surface area (Å²) in [5.41, 5.74) is 3.05. The van der Waals surface area contributed by atoms with Crippen molar-refractivity contribution in [2.75, 3.05) is 11.9 Å². The Hall–Kier alpha value is -3.03. The van der Waals surface area contributed by atoms with Gasteiger partial charge in [0.15, 0.2) is 6.61 Å². The van der Waals surface area contributed by atoms with E-state index in [9.17, 15) is 4.79 Å². The second kappa shape index (κ2) is 7.69. The van der Waals surface area contributed by atoms with Gasteiger partial charge >= 0.3 is 0 Å². The Balaban J connectivity index is 1.41. The number of amides is 1. The number of ether oxygens (including phenoxy) is 1. The standard InChI is InChI=1S/C19H13ClN4O2S/c20-15-7-8-17(19-14(15)2-1-9-21-19)26-10-18(25)22-13-5-3-12(4-6-13)16-11-27-24-23-16/h1-9,11H,10H2,(H,22,25). The van der Waals surface area contributed by atoms with Gasteiger partial charge in [-0.3, -0.25) is 9.78 Å². The molecule has 4 rings (SSSR count). The topological polar surface area (TPSA) is 77.0 Å². The highest BCUT2D eigenvalue weighted by Crippen LogP contribution is 2.29. The predicted octanol–water partition coefficient (Wildman–Crippen LogP) is 4.42. The number of anilines is 1. The van der Waals surface area contributed by atoms with E-state index in [1.54, 1.807) is 24.4 Å². The van der Waals surface area contributed by atoms with E-state index in [1.165, 1.54) is 11.5 Å². The average molecular weight is 397 g/mol. The van der Waals surface area contributed by atoms with Crippen molar-refractivity contribution in [3.8, 4) is 17.0 Å². The molecule has 0 radical (unpaired) electrons.